The maximum absolute atomic E-state index is 11.8. The Labute approximate surface area is 109 Å². The quantitative estimate of drug-likeness (QED) is 0.834. The van der Waals surface area contributed by atoms with E-state index in [9.17, 15) is 4.79 Å². The zero-order valence-corrected chi connectivity index (χ0v) is 11.2. The molecule has 3 nitrogen and oxygen atoms in total. The van der Waals surface area contributed by atoms with E-state index >= 15 is 0 Å². The average Bonchev–Trinajstić information content (AvgIpc) is 3.12. The normalized spacial score (nSPS) is 15.1. The van der Waals surface area contributed by atoms with Crippen molar-refractivity contribution in [2.75, 3.05) is 6.54 Å². The van der Waals surface area contributed by atoms with Gasteiger partial charge in [-0.1, -0.05) is 30.3 Å². The molecule has 0 atom stereocenters. The Balaban J connectivity index is 1.90. The van der Waals surface area contributed by atoms with E-state index in [4.69, 9.17) is 0 Å². The molecule has 18 heavy (non-hydrogen) atoms. The fourth-order valence-electron chi connectivity index (χ4n) is 2.12. The average molecular weight is 246 g/mol. The monoisotopic (exact) mass is 246 g/mol. The fraction of sp³-hybridized carbons (Fsp3) is 0.533. The Hall–Kier alpha value is -1.35. The number of nitrogens with zero attached hydrogens (tertiary/aromatic N) is 1. The van der Waals surface area contributed by atoms with Gasteiger partial charge in [0.1, 0.15) is 0 Å². The van der Waals surface area contributed by atoms with Gasteiger partial charge < -0.3 is 5.32 Å². The van der Waals surface area contributed by atoms with E-state index in [1.54, 1.807) is 0 Å². The second kappa shape index (κ2) is 6.01. The molecular formula is C15H22N2O. The molecular weight excluding hydrogens is 224 g/mol. The molecule has 1 amide bonds. The highest BCUT2D eigenvalue weighted by Gasteiger charge is 2.30. The summed E-state index contributed by atoms with van der Waals surface area (Å²) in [6, 6.07) is 11.2. The van der Waals surface area contributed by atoms with Crippen LogP contribution in [0.1, 0.15) is 32.3 Å². The van der Waals surface area contributed by atoms with Crippen LogP contribution in [0.15, 0.2) is 30.3 Å². The van der Waals surface area contributed by atoms with E-state index in [-0.39, 0.29) is 11.9 Å². The number of amides is 1. The van der Waals surface area contributed by atoms with E-state index in [0.29, 0.717) is 12.6 Å². The molecule has 0 saturated heterocycles. The van der Waals surface area contributed by atoms with Crippen molar-refractivity contribution in [1.82, 2.24) is 10.2 Å². The molecule has 0 unspecified atom stereocenters. The zero-order valence-electron chi connectivity index (χ0n) is 11.2. The molecule has 3 heteroatoms. The lowest BCUT2D eigenvalue weighted by Gasteiger charge is -2.22. The fourth-order valence-corrected chi connectivity index (χ4v) is 2.12. The minimum atomic E-state index is 0.132. The van der Waals surface area contributed by atoms with E-state index in [1.165, 1.54) is 18.4 Å². The van der Waals surface area contributed by atoms with E-state index in [2.05, 4.69) is 34.5 Å². The molecule has 0 aromatic heterocycles. The van der Waals surface area contributed by atoms with Crippen molar-refractivity contribution in [1.29, 1.82) is 0 Å². The summed E-state index contributed by atoms with van der Waals surface area (Å²) in [5, 5.41) is 2.96. The highest BCUT2D eigenvalue weighted by Crippen LogP contribution is 2.27. The second-order valence-electron chi connectivity index (χ2n) is 5.34. The topological polar surface area (TPSA) is 32.3 Å². The van der Waals surface area contributed by atoms with Crippen LogP contribution in [-0.2, 0) is 11.3 Å². The van der Waals surface area contributed by atoms with E-state index in [0.717, 1.165) is 6.54 Å². The number of benzene rings is 1. The van der Waals surface area contributed by atoms with Crippen molar-refractivity contribution in [3.63, 3.8) is 0 Å². The van der Waals surface area contributed by atoms with Gasteiger partial charge >= 0.3 is 0 Å². The SMILES string of the molecule is CC(C)NC(=O)CN(Cc1ccccc1)C1CC1. The number of carbonyl (C=O) groups is 1. The Morgan fingerprint density at radius 2 is 2.00 bits per heavy atom. The highest BCUT2D eigenvalue weighted by atomic mass is 16.2. The van der Waals surface area contributed by atoms with E-state index < -0.39 is 0 Å². The largest absolute Gasteiger partial charge is 0.353 e. The van der Waals surface area contributed by atoms with Crippen LogP contribution in [0.3, 0.4) is 0 Å². The Bertz CT molecular complexity index is 385. The highest BCUT2D eigenvalue weighted by molar-refractivity contribution is 5.78. The minimum Gasteiger partial charge on any atom is -0.353 e. The molecule has 0 radical (unpaired) electrons. The van der Waals surface area contributed by atoms with Crippen molar-refractivity contribution in [3.8, 4) is 0 Å². The van der Waals surface area contributed by atoms with Crippen molar-refractivity contribution >= 4 is 5.91 Å². The van der Waals surface area contributed by atoms with Crippen molar-refractivity contribution in [2.45, 2.75) is 45.3 Å². The van der Waals surface area contributed by atoms with Gasteiger partial charge in [-0.3, -0.25) is 9.69 Å². The van der Waals surface area contributed by atoms with Crippen LogP contribution in [0, 0.1) is 0 Å². The van der Waals surface area contributed by atoms with Gasteiger partial charge in [-0.2, -0.15) is 0 Å². The number of rotatable bonds is 6. The smallest absolute Gasteiger partial charge is 0.234 e. The van der Waals surface area contributed by atoms with Crippen LogP contribution < -0.4 is 5.32 Å². The summed E-state index contributed by atoms with van der Waals surface area (Å²) >= 11 is 0. The van der Waals surface area contributed by atoms with Crippen LogP contribution in [0.4, 0.5) is 0 Å². The summed E-state index contributed by atoms with van der Waals surface area (Å²) in [5.41, 5.74) is 1.28. The van der Waals surface area contributed by atoms with Gasteiger partial charge in [-0.25, -0.2) is 0 Å². The Kier molecular flexibility index (Phi) is 4.37. The van der Waals surface area contributed by atoms with Gasteiger partial charge in [0.25, 0.3) is 0 Å². The third-order valence-corrected chi connectivity index (χ3v) is 3.09. The second-order valence-corrected chi connectivity index (χ2v) is 5.34. The standard InChI is InChI=1S/C15H22N2O/c1-12(2)16-15(18)11-17(14-8-9-14)10-13-6-4-3-5-7-13/h3-7,12,14H,8-11H2,1-2H3,(H,16,18). The molecule has 0 spiro atoms. The number of hydrogen-bond donors (Lipinski definition) is 1. The van der Waals surface area contributed by atoms with Gasteiger partial charge in [0.2, 0.25) is 5.91 Å². The number of nitrogens with one attached hydrogen (secondary N) is 1. The first-order chi connectivity index (χ1) is 8.65. The molecule has 0 bridgehead atoms. The molecule has 1 aliphatic carbocycles. The van der Waals surface area contributed by atoms with Gasteiger partial charge in [-0.15, -0.1) is 0 Å². The first-order valence-electron chi connectivity index (χ1n) is 6.72. The maximum Gasteiger partial charge on any atom is 0.234 e. The lowest BCUT2D eigenvalue weighted by molar-refractivity contribution is -0.123. The van der Waals surface area contributed by atoms with Gasteiger partial charge in [0.15, 0.2) is 0 Å². The molecule has 0 heterocycles. The molecule has 1 fully saturated rings. The van der Waals surface area contributed by atoms with Crippen LogP contribution in [0.5, 0.6) is 0 Å². The Morgan fingerprint density at radius 3 is 2.56 bits per heavy atom. The molecule has 1 aliphatic rings. The molecule has 1 aromatic rings. The summed E-state index contributed by atoms with van der Waals surface area (Å²) in [6.07, 6.45) is 2.45. The summed E-state index contributed by atoms with van der Waals surface area (Å²) in [5.74, 6) is 0.132. The first-order valence-corrected chi connectivity index (χ1v) is 6.72. The molecule has 98 valence electrons. The van der Waals surface area contributed by atoms with Crippen LogP contribution in [0.2, 0.25) is 0 Å². The van der Waals surface area contributed by atoms with Gasteiger partial charge in [0.05, 0.1) is 6.54 Å². The van der Waals surface area contributed by atoms with Gasteiger partial charge in [-0.05, 0) is 32.3 Å². The number of hydrogen-bond acceptors (Lipinski definition) is 2. The molecule has 0 aliphatic heterocycles. The predicted molar refractivity (Wildman–Crippen MR) is 73.2 cm³/mol. The van der Waals surface area contributed by atoms with Crippen LogP contribution in [-0.4, -0.2) is 29.4 Å². The summed E-state index contributed by atoms with van der Waals surface area (Å²) in [7, 11) is 0. The minimum absolute atomic E-state index is 0.132. The third kappa shape index (κ3) is 4.15. The third-order valence-electron chi connectivity index (χ3n) is 3.09. The molecule has 2 rings (SSSR count). The van der Waals surface area contributed by atoms with Crippen LogP contribution in [0.25, 0.3) is 0 Å². The molecule has 1 saturated carbocycles. The van der Waals surface area contributed by atoms with Crippen molar-refractivity contribution in [3.05, 3.63) is 35.9 Å². The first kappa shape index (κ1) is 13.1. The number of carbonyl (C=O) groups excluding carboxylic acids is 1. The Morgan fingerprint density at radius 1 is 1.33 bits per heavy atom. The van der Waals surface area contributed by atoms with Gasteiger partial charge in [0, 0.05) is 18.6 Å². The maximum atomic E-state index is 11.8. The van der Waals surface area contributed by atoms with Crippen LogP contribution >= 0.6 is 0 Å². The van der Waals surface area contributed by atoms with Crippen molar-refractivity contribution < 1.29 is 4.79 Å². The summed E-state index contributed by atoms with van der Waals surface area (Å²) < 4.78 is 0. The lowest BCUT2D eigenvalue weighted by atomic mass is 10.2. The lowest BCUT2D eigenvalue weighted by Crippen LogP contribution is -2.40. The summed E-state index contributed by atoms with van der Waals surface area (Å²) in [6.45, 7) is 5.38. The predicted octanol–water partition coefficient (Wildman–Crippen LogP) is 2.18. The zero-order chi connectivity index (χ0) is 13.0. The molecule has 1 N–H and O–H groups in total. The summed E-state index contributed by atoms with van der Waals surface area (Å²) in [4.78, 5) is 14.1. The molecule has 1 aromatic carbocycles. The van der Waals surface area contributed by atoms with E-state index in [1.807, 2.05) is 19.9 Å². The van der Waals surface area contributed by atoms with Crippen molar-refractivity contribution in [2.24, 2.45) is 0 Å².